The van der Waals surface area contributed by atoms with Gasteiger partial charge in [0.05, 0.1) is 9.82 Å². The lowest BCUT2D eigenvalue weighted by Crippen LogP contribution is -2.53. The Hall–Kier alpha value is -2.04. The Kier molecular flexibility index (Phi) is 6.09. The highest BCUT2D eigenvalue weighted by molar-refractivity contribution is 7.89. The lowest BCUT2D eigenvalue weighted by atomic mass is 10.2. The number of hydrogen-bond donors (Lipinski definition) is 0. The molecule has 10 heteroatoms. The average molecular weight is 371 g/mol. The van der Waals surface area contributed by atoms with Crippen LogP contribution in [0.2, 0.25) is 0 Å². The molecule has 0 saturated carbocycles. The van der Waals surface area contributed by atoms with Crippen LogP contribution in [0, 0.1) is 10.1 Å². The van der Waals surface area contributed by atoms with Gasteiger partial charge >= 0.3 is 0 Å². The highest BCUT2D eigenvalue weighted by Crippen LogP contribution is 2.22. The largest absolute Gasteiger partial charge is 0.372 e. The monoisotopic (exact) mass is 371 g/mol. The van der Waals surface area contributed by atoms with E-state index >= 15 is 0 Å². The zero-order valence-corrected chi connectivity index (χ0v) is 14.9. The fourth-order valence-electron chi connectivity index (χ4n) is 2.70. The summed E-state index contributed by atoms with van der Waals surface area (Å²) in [6.45, 7) is 2.63. The third-order valence-electron chi connectivity index (χ3n) is 4.15. The van der Waals surface area contributed by atoms with E-state index in [9.17, 15) is 23.3 Å². The minimum absolute atomic E-state index is 0.121. The van der Waals surface area contributed by atoms with Crippen molar-refractivity contribution in [1.82, 2.24) is 9.21 Å². The molecule has 1 aliphatic heterocycles. The Morgan fingerprint density at radius 2 is 1.96 bits per heavy atom. The quantitative estimate of drug-likeness (QED) is 0.542. The molecule has 1 saturated heterocycles. The standard InChI is InChI=1S/C15H21N3O6S/c1-3-14(24-2)15(19)16-7-9-17(10-8-16)25(22,23)13-6-4-5-12(11-13)18(20)21/h4-6,11,14H,3,7-10H2,1-2H3. The molecule has 2 rings (SSSR count). The molecule has 138 valence electrons. The molecule has 1 atom stereocenters. The number of ether oxygens (including phenoxy) is 1. The zero-order valence-electron chi connectivity index (χ0n) is 14.1. The summed E-state index contributed by atoms with van der Waals surface area (Å²) in [6, 6.07) is 4.96. The molecule has 9 nitrogen and oxygen atoms in total. The lowest BCUT2D eigenvalue weighted by Gasteiger charge is -2.35. The minimum Gasteiger partial charge on any atom is -0.372 e. The third kappa shape index (κ3) is 4.14. The maximum absolute atomic E-state index is 12.7. The third-order valence-corrected chi connectivity index (χ3v) is 6.04. The number of rotatable bonds is 6. The Morgan fingerprint density at radius 3 is 2.48 bits per heavy atom. The van der Waals surface area contributed by atoms with Crippen molar-refractivity contribution in [3.8, 4) is 0 Å². The Morgan fingerprint density at radius 1 is 1.32 bits per heavy atom. The smallest absolute Gasteiger partial charge is 0.270 e. The van der Waals surface area contributed by atoms with E-state index in [1.807, 2.05) is 6.92 Å². The maximum atomic E-state index is 12.7. The first kappa shape index (κ1) is 19.3. The molecular weight excluding hydrogens is 350 g/mol. The van der Waals surface area contributed by atoms with Gasteiger partial charge in [0.25, 0.3) is 11.6 Å². The second kappa shape index (κ2) is 7.89. The second-order valence-corrected chi connectivity index (χ2v) is 7.55. The summed E-state index contributed by atoms with van der Waals surface area (Å²) in [4.78, 5) is 23.9. The van der Waals surface area contributed by atoms with Crippen molar-refractivity contribution < 1.29 is 22.9 Å². The van der Waals surface area contributed by atoms with E-state index in [2.05, 4.69) is 0 Å². The van der Waals surface area contributed by atoms with Gasteiger partial charge in [0.2, 0.25) is 10.0 Å². The number of carbonyl (C=O) groups excluding carboxylic acids is 1. The van der Waals surface area contributed by atoms with Gasteiger partial charge in [-0.15, -0.1) is 0 Å². The molecule has 0 aliphatic carbocycles. The van der Waals surface area contributed by atoms with Gasteiger partial charge in [-0.05, 0) is 12.5 Å². The van der Waals surface area contributed by atoms with E-state index in [0.29, 0.717) is 6.42 Å². The summed E-state index contributed by atoms with van der Waals surface area (Å²) in [5.74, 6) is -0.155. The molecule has 1 fully saturated rings. The van der Waals surface area contributed by atoms with E-state index in [4.69, 9.17) is 4.74 Å². The van der Waals surface area contributed by atoms with Gasteiger partial charge in [-0.1, -0.05) is 13.0 Å². The second-order valence-electron chi connectivity index (χ2n) is 5.62. The van der Waals surface area contributed by atoms with Crippen LogP contribution >= 0.6 is 0 Å². The number of non-ortho nitro benzene ring substituents is 1. The first-order chi connectivity index (χ1) is 11.8. The molecule has 1 heterocycles. The zero-order chi connectivity index (χ0) is 18.6. The Balaban J connectivity index is 2.10. The molecule has 0 aromatic heterocycles. The molecule has 25 heavy (non-hydrogen) atoms. The van der Waals surface area contributed by atoms with Crippen LogP contribution in [0.15, 0.2) is 29.2 Å². The highest BCUT2D eigenvalue weighted by Gasteiger charge is 2.32. The summed E-state index contributed by atoms with van der Waals surface area (Å²) in [6.07, 6.45) is 0.0153. The molecule has 1 aromatic carbocycles. The number of nitro groups is 1. The first-order valence-corrected chi connectivity index (χ1v) is 9.31. The van der Waals surface area contributed by atoms with Crippen molar-refractivity contribution in [3.05, 3.63) is 34.4 Å². The number of nitrogens with zero attached hydrogens (tertiary/aromatic N) is 3. The Bertz CT molecular complexity index is 739. The SMILES string of the molecule is CCC(OC)C(=O)N1CCN(S(=O)(=O)c2cccc([N+](=O)[O-])c2)CC1. The van der Waals surface area contributed by atoms with Crippen LogP contribution in [0.5, 0.6) is 0 Å². The minimum atomic E-state index is -3.84. The fraction of sp³-hybridized carbons (Fsp3) is 0.533. The van der Waals surface area contributed by atoms with Gasteiger partial charge in [0.15, 0.2) is 0 Å². The molecule has 0 N–H and O–H groups in total. The average Bonchev–Trinajstić information content (AvgIpc) is 2.62. The lowest BCUT2D eigenvalue weighted by molar-refractivity contribution is -0.385. The van der Waals surface area contributed by atoms with Crippen LogP contribution < -0.4 is 0 Å². The molecule has 0 radical (unpaired) electrons. The normalized spacial score (nSPS) is 17.3. The summed E-state index contributed by atoms with van der Waals surface area (Å²) in [5, 5.41) is 10.8. The summed E-state index contributed by atoms with van der Waals surface area (Å²) < 4.78 is 31.7. The number of benzene rings is 1. The van der Waals surface area contributed by atoms with Gasteiger partial charge in [-0.25, -0.2) is 8.42 Å². The molecule has 1 aromatic rings. The number of carbonyl (C=O) groups is 1. The van der Waals surface area contributed by atoms with Gasteiger partial charge < -0.3 is 9.64 Å². The molecule has 1 unspecified atom stereocenters. The summed E-state index contributed by atoms with van der Waals surface area (Å²) >= 11 is 0. The van der Waals surface area contributed by atoms with Crippen molar-refractivity contribution in [2.24, 2.45) is 0 Å². The molecule has 1 aliphatic rings. The van der Waals surface area contributed by atoms with Crippen LogP contribution in [0.25, 0.3) is 0 Å². The van der Waals surface area contributed by atoms with E-state index in [-0.39, 0.29) is 42.7 Å². The van der Waals surface area contributed by atoms with E-state index in [1.54, 1.807) is 4.90 Å². The predicted octanol–water partition coefficient (Wildman–Crippen LogP) is 0.853. The highest BCUT2D eigenvalue weighted by atomic mass is 32.2. The van der Waals surface area contributed by atoms with Crippen molar-refractivity contribution in [2.45, 2.75) is 24.3 Å². The van der Waals surface area contributed by atoms with Gasteiger partial charge in [0.1, 0.15) is 6.10 Å². The molecule has 1 amide bonds. The molecule has 0 bridgehead atoms. The van der Waals surface area contributed by atoms with Crippen LogP contribution in [-0.2, 0) is 19.6 Å². The van der Waals surface area contributed by atoms with E-state index in [0.717, 1.165) is 6.07 Å². The van der Waals surface area contributed by atoms with Crippen molar-refractivity contribution in [1.29, 1.82) is 0 Å². The van der Waals surface area contributed by atoms with Crippen LogP contribution in [0.3, 0.4) is 0 Å². The van der Waals surface area contributed by atoms with Gasteiger partial charge in [0, 0.05) is 45.4 Å². The number of sulfonamides is 1. The predicted molar refractivity (Wildman–Crippen MR) is 89.5 cm³/mol. The maximum Gasteiger partial charge on any atom is 0.270 e. The van der Waals surface area contributed by atoms with Crippen LogP contribution in [0.1, 0.15) is 13.3 Å². The van der Waals surface area contributed by atoms with Crippen molar-refractivity contribution in [2.75, 3.05) is 33.3 Å². The Labute approximate surface area is 146 Å². The number of hydrogen-bond acceptors (Lipinski definition) is 6. The number of methoxy groups -OCH3 is 1. The number of amides is 1. The van der Waals surface area contributed by atoms with E-state index < -0.39 is 21.1 Å². The fourth-order valence-corrected chi connectivity index (χ4v) is 4.16. The topological polar surface area (TPSA) is 110 Å². The van der Waals surface area contributed by atoms with Crippen LogP contribution in [0.4, 0.5) is 5.69 Å². The van der Waals surface area contributed by atoms with Crippen molar-refractivity contribution in [3.63, 3.8) is 0 Å². The van der Waals surface area contributed by atoms with Crippen LogP contribution in [-0.4, -0.2) is 67.8 Å². The van der Waals surface area contributed by atoms with E-state index in [1.165, 1.54) is 29.6 Å². The summed E-state index contributed by atoms with van der Waals surface area (Å²) in [7, 11) is -2.37. The van der Waals surface area contributed by atoms with Crippen molar-refractivity contribution >= 4 is 21.6 Å². The first-order valence-electron chi connectivity index (χ1n) is 7.87. The molecular formula is C15H21N3O6S. The summed E-state index contributed by atoms with van der Waals surface area (Å²) in [5.41, 5.74) is -0.277. The number of piperazine rings is 1. The molecule has 0 spiro atoms. The van der Waals surface area contributed by atoms with Gasteiger partial charge in [-0.2, -0.15) is 4.31 Å². The van der Waals surface area contributed by atoms with Gasteiger partial charge in [-0.3, -0.25) is 14.9 Å². The number of nitro benzene ring substituents is 1.